The number of carbonyl (C=O) groups excluding carboxylic acids is 1. The van der Waals surface area contributed by atoms with Crippen molar-refractivity contribution >= 4 is 23.4 Å². The maximum Gasteiger partial charge on any atom is 0.329 e. The minimum absolute atomic E-state index is 0.0435. The zero-order valence-corrected chi connectivity index (χ0v) is 10.2. The van der Waals surface area contributed by atoms with E-state index in [0.717, 1.165) is 32.1 Å². The molecule has 0 aliphatic carbocycles. The number of carbonyl (C=O) groups is 1. The average molecular weight is 266 g/mol. The van der Waals surface area contributed by atoms with Gasteiger partial charge in [0, 0.05) is 13.1 Å². The maximum atomic E-state index is 11.7. The maximum absolute atomic E-state index is 11.7. The number of amides is 1. The molecule has 0 aromatic carbocycles. The van der Waals surface area contributed by atoms with Crippen LogP contribution in [-0.4, -0.2) is 45.3 Å². The van der Waals surface area contributed by atoms with Gasteiger partial charge in [0.15, 0.2) is 0 Å². The Hall–Kier alpha value is -2.45. The normalized spacial score (nSPS) is 14.4. The van der Waals surface area contributed by atoms with Gasteiger partial charge in [-0.25, -0.2) is 4.98 Å². The van der Waals surface area contributed by atoms with Crippen LogP contribution in [0.5, 0.6) is 0 Å². The fourth-order valence-electron chi connectivity index (χ4n) is 1.85. The van der Waals surface area contributed by atoms with Crippen LogP contribution in [0.3, 0.4) is 0 Å². The van der Waals surface area contributed by atoms with E-state index in [4.69, 9.17) is 5.73 Å². The summed E-state index contributed by atoms with van der Waals surface area (Å²) in [6.45, 7) is 1.59. The van der Waals surface area contributed by atoms with Crippen LogP contribution in [0.4, 0.5) is 17.5 Å². The number of hydrogen-bond acceptors (Lipinski definition) is 7. The van der Waals surface area contributed by atoms with E-state index in [1.54, 1.807) is 4.90 Å². The van der Waals surface area contributed by atoms with Crippen molar-refractivity contribution in [3.05, 3.63) is 16.3 Å². The van der Waals surface area contributed by atoms with Crippen LogP contribution in [0.2, 0.25) is 0 Å². The monoisotopic (exact) mass is 266 g/mol. The van der Waals surface area contributed by atoms with Gasteiger partial charge < -0.3 is 16.0 Å². The van der Waals surface area contributed by atoms with Crippen LogP contribution in [0.15, 0.2) is 6.20 Å². The average Bonchev–Trinajstić information content (AvgIpc) is 2.89. The van der Waals surface area contributed by atoms with Gasteiger partial charge in [0.1, 0.15) is 6.20 Å². The lowest BCUT2D eigenvalue weighted by atomic mass is 10.4. The number of nitrogen functional groups attached to an aromatic ring is 1. The highest BCUT2D eigenvalue weighted by Gasteiger charge is 2.18. The molecule has 1 aliphatic rings. The first-order chi connectivity index (χ1) is 9.08. The van der Waals surface area contributed by atoms with E-state index >= 15 is 0 Å². The molecule has 2 rings (SSSR count). The minimum Gasteiger partial charge on any atom is -0.378 e. The summed E-state index contributed by atoms with van der Waals surface area (Å²) in [6, 6.07) is 0. The summed E-state index contributed by atoms with van der Waals surface area (Å²) < 4.78 is 0. The summed E-state index contributed by atoms with van der Waals surface area (Å²) in [6.07, 6.45) is 3.06. The van der Waals surface area contributed by atoms with Crippen molar-refractivity contribution in [1.82, 2.24) is 14.9 Å². The highest BCUT2D eigenvalue weighted by molar-refractivity contribution is 5.80. The smallest absolute Gasteiger partial charge is 0.329 e. The van der Waals surface area contributed by atoms with Crippen molar-refractivity contribution in [2.45, 2.75) is 12.8 Å². The Bertz CT molecular complexity index is 500. The summed E-state index contributed by atoms with van der Waals surface area (Å²) in [5, 5.41) is 13.2. The summed E-state index contributed by atoms with van der Waals surface area (Å²) in [7, 11) is 0. The van der Waals surface area contributed by atoms with Crippen molar-refractivity contribution in [1.29, 1.82) is 0 Å². The molecule has 19 heavy (non-hydrogen) atoms. The molecule has 1 aliphatic heterocycles. The molecule has 0 atom stereocenters. The van der Waals surface area contributed by atoms with Gasteiger partial charge in [-0.3, -0.25) is 14.9 Å². The van der Waals surface area contributed by atoms with Gasteiger partial charge in [-0.05, 0) is 12.8 Å². The molecule has 0 spiro atoms. The Morgan fingerprint density at radius 3 is 2.79 bits per heavy atom. The van der Waals surface area contributed by atoms with Gasteiger partial charge in [-0.15, -0.1) is 0 Å². The van der Waals surface area contributed by atoms with Crippen molar-refractivity contribution < 1.29 is 9.72 Å². The van der Waals surface area contributed by atoms with Gasteiger partial charge >= 0.3 is 5.69 Å². The zero-order valence-electron chi connectivity index (χ0n) is 10.2. The summed E-state index contributed by atoms with van der Waals surface area (Å²) >= 11 is 0. The fraction of sp³-hybridized carbons (Fsp3) is 0.500. The molecule has 2 heterocycles. The second-order valence-electron chi connectivity index (χ2n) is 4.16. The zero-order chi connectivity index (χ0) is 13.8. The number of likely N-dealkylation sites (tertiary alicyclic amines) is 1. The second kappa shape index (κ2) is 5.46. The highest BCUT2D eigenvalue weighted by atomic mass is 16.6. The molecule has 0 unspecified atom stereocenters. The molecule has 3 N–H and O–H groups in total. The molecular weight excluding hydrogens is 252 g/mol. The van der Waals surface area contributed by atoms with Gasteiger partial charge in [-0.1, -0.05) is 0 Å². The number of hydrogen-bond donors (Lipinski definition) is 2. The standard InChI is InChI=1S/C10H14N6O3/c11-9-7(16(18)19)5-12-10(14-9)13-6-8(17)15-3-1-2-4-15/h5H,1-4,6H2,(H3,11,12,13,14). The molecule has 1 fully saturated rings. The second-order valence-corrected chi connectivity index (χ2v) is 4.16. The van der Waals surface area contributed by atoms with E-state index in [2.05, 4.69) is 15.3 Å². The van der Waals surface area contributed by atoms with Crippen molar-refractivity contribution in [2.75, 3.05) is 30.7 Å². The summed E-state index contributed by atoms with van der Waals surface area (Å²) in [5.41, 5.74) is 5.07. The number of nitro groups is 1. The fourth-order valence-corrected chi connectivity index (χ4v) is 1.85. The van der Waals surface area contributed by atoms with Crippen molar-refractivity contribution in [3.63, 3.8) is 0 Å². The Kier molecular flexibility index (Phi) is 3.74. The van der Waals surface area contributed by atoms with Crippen molar-refractivity contribution in [2.24, 2.45) is 0 Å². The third-order valence-electron chi connectivity index (χ3n) is 2.85. The molecule has 0 bridgehead atoms. The molecule has 9 nitrogen and oxygen atoms in total. The van der Waals surface area contributed by atoms with E-state index < -0.39 is 4.92 Å². The predicted molar refractivity (Wildman–Crippen MR) is 67.4 cm³/mol. The number of nitrogens with two attached hydrogens (primary N) is 1. The lowest BCUT2D eigenvalue weighted by Crippen LogP contribution is -2.33. The van der Waals surface area contributed by atoms with Crippen LogP contribution in [0.1, 0.15) is 12.8 Å². The lowest BCUT2D eigenvalue weighted by molar-refractivity contribution is -0.384. The Morgan fingerprint density at radius 2 is 2.21 bits per heavy atom. The number of nitrogens with one attached hydrogen (secondary N) is 1. The summed E-state index contributed by atoms with van der Waals surface area (Å²) in [4.78, 5) is 30.9. The van der Waals surface area contributed by atoms with Crippen LogP contribution < -0.4 is 11.1 Å². The Balaban J connectivity index is 1.94. The summed E-state index contributed by atoms with van der Waals surface area (Å²) in [5.74, 6) is -0.162. The van der Waals surface area contributed by atoms with Gasteiger partial charge in [0.05, 0.1) is 11.5 Å². The van der Waals surface area contributed by atoms with Crippen LogP contribution in [0, 0.1) is 10.1 Å². The molecule has 102 valence electrons. The van der Waals surface area contributed by atoms with E-state index in [9.17, 15) is 14.9 Å². The third-order valence-corrected chi connectivity index (χ3v) is 2.85. The third kappa shape index (κ3) is 3.06. The van der Waals surface area contributed by atoms with E-state index in [1.807, 2.05) is 0 Å². The Morgan fingerprint density at radius 1 is 1.53 bits per heavy atom. The largest absolute Gasteiger partial charge is 0.378 e. The number of anilines is 2. The predicted octanol–water partition coefficient (Wildman–Crippen LogP) is 0.00130. The molecule has 1 aromatic rings. The van der Waals surface area contributed by atoms with Crippen molar-refractivity contribution in [3.8, 4) is 0 Å². The number of nitrogens with zero attached hydrogens (tertiary/aromatic N) is 4. The molecule has 9 heteroatoms. The molecule has 0 radical (unpaired) electrons. The first-order valence-corrected chi connectivity index (χ1v) is 5.86. The molecule has 1 aromatic heterocycles. The molecular formula is C10H14N6O3. The SMILES string of the molecule is Nc1nc(NCC(=O)N2CCCC2)ncc1[N+](=O)[O-]. The topological polar surface area (TPSA) is 127 Å². The lowest BCUT2D eigenvalue weighted by Gasteiger charge is -2.15. The van der Waals surface area contributed by atoms with E-state index in [1.165, 1.54) is 0 Å². The molecule has 1 saturated heterocycles. The number of rotatable bonds is 4. The van der Waals surface area contributed by atoms with Gasteiger partial charge in [0.2, 0.25) is 17.7 Å². The Labute approximate surface area is 109 Å². The molecule has 0 saturated carbocycles. The first-order valence-electron chi connectivity index (χ1n) is 5.86. The van der Waals surface area contributed by atoms with E-state index in [0.29, 0.717) is 0 Å². The van der Waals surface area contributed by atoms with Crippen LogP contribution in [-0.2, 0) is 4.79 Å². The highest BCUT2D eigenvalue weighted by Crippen LogP contribution is 2.18. The van der Waals surface area contributed by atoms with Gasteiger partial charge in [-0.2, -0.15) is 4.98 Å². The first kappa shape index (κ1) is 13.0. The van der Waals surface area contributed by atoms with Gasteiger partial charge in [0.25, 0.3) is 0 Å². The van der Waals surface area contributed by atoms with E-state index in [-0.39, 0.29) is 29.9 Å². The number of aromatic nitrogens is 2. The quantitative estimate of drug-likeness (QED) is 0.580. The van der Waals surface area contributed by atoms with Crippen LogP contribution >= 0.6 is 0 Å². The molecule has 1 amide bonds. The minimum atomic E-state index is -0.658. The van der Waals surface area contributed by atoms with Crippen LogP contribution in [0.25, 0.3) is 0 Å².